The molecule has 4 rings (SSSR count). The molecular formula is C25H23ClFN3O4. The summed E-state index contributed by atoms with van der Waals surface area (Å²) in [5, 5.41) is 0.578. The highest BCUT2D eigenvalue weighted by molar-refractivity contribution is 6.30. The number of methoxy groups -OCH3 is 1. The van der Waals surface area contributed by atoms with Gasteiger partial charge in [-0.3, -0.25) is 9.69 Å². The summed E-state index contributed by atoms with van der Waals surface area (Å²) in [5.74, 6) is -0.665. The number of esters is 1. The van der Waals surface area contributed by atoms with Crippen molar-refractivity contribution in [1.82, 2.24) is 14.8 Å². The summed E-state index contributed by atoms with van der Waals surface area (Å²) in [5.41, 5.74) is 2.13. The SMILES string of the molecule is COC(=O)c1coc(CN2CCN(C(=O)C=C(c3ccc(Cl)cc3)c3cccc(F)c3)CC2)n1. The Morgan fingerprint density at radius 1 is 1.12 bits per heavy atom. The lowest BCUT2D eigenvalue weighted by Crippen LogP contribution is -2.47. The number of halogens is 2. The van der Waals surface area contributed by atoms with Crippen LogP contribution in [0.2, 0.25) is 5.02 Å². The van der Waals surface area contributed by atoms with Crippen molar-refractivity contribution in [3.8, 4) is 0 Å². The lowest BCUT2D eigenvalue weighted by molar-refractivity contribution is -0.127. The molecule has 1 aliphatic heterocycles. The summed E-state index contributed by atoms with van der Waals surface area (Å²) >= 11 is 6.02. The maximum absolute atomic E-state index is 13.9. The standard InChI is InChI=1S/C25H23ClFN3O4/c1-33-25(32)22-16-34-23(28-22)15-29-9-11-30(12-10-29)24(31)14-21(17-5-7-19(26)8-6-17)18-3-2-4-20(27)13-18/h2-8,13-14,16H,9-12,15H2,1H3. The molecule has 0 saturated carbocycles. The Morgan fingerprint density at radius 3 is 2.53 bits per heavy atom. The van der Waals surface area contributed by atoms with Crippen LogP contribution in [0, 0.1) is 5.82 Å². The third-order valence-electron chi connectivity index (χ3n) is 5.55. The molecule has 0 atom stereocenters. The second-order valence-corrected chi connectivity index (χ2v) is 8.23. The van der Waals surface area contributed by atoms with Gasteiger partial charge in [-0.2, -0.15) is 0 Å². The van der Waals surface area contributed by atoms with Crippen LogP contribution in [0.15, 0.2) is 65.3 Å². The van der Waals surface area contributed by atoms with Gasteiger partial charge in [-0.25, -0.2) is 14.2 Å². The summed E-state index contributed by atoms with van der Waals surface area (Å²) in [4.78, 5) is 32.6. The number of nitrogens with zero attached hydrogens (tertiary/aromatic N) is 3. The minimum atomic E-state index is -0.549. The van der Waals surface area contributed by atoms with E-state index in [1.165, 1.54) is 25.5 Å². The highest BCUT2D eigenvalue weighted by atomic mass is 35.5. The fourth-order valence-corrected chi connectivity index (χ4v) is 3.86. The van der Waals surface area contributed by atoms with Gasteiger partial charge in [-0.15, -0.1) is 0 Å². The molecule has 34 heavy (non-hydrogen) atoms. The van der Waals surface area contributed by atoms with Crippen molar-refractivity contribution in [3.05, 3.63) is 94.4 Å². The number of carbonyl (C=O) groups is 2. The number of oxazole rings is 1. The van der Waals surface area contributed by atoms with E-state index in [1.807, 2.05) is 12.1 Å². The predicted octanol–water partition coefficient (Wildman–Crippen LogP) is 4.03. The van der Waals surface area contributed by atoms with Crippen LogP contribution in [0.3, 0.4) is 0 Å². The van der Waals surface area contributed by atoms with E-state index in [1.54, 1.807) is 35.2 Å². The molecule has 1 aromatic heterocycles. The van der Waals surface area contributed by atoms with E-state index < -0.39 is 5.97 Å². The average Bonchev–Trinajstić information content (AvgIpc) is 3.31. The van der Waals surface area contributed by atoms with Crippen LogP contribution in [0.1, 0.15) is 27.5 Å². The molecule has 2 heterocycles. The molecule has 1 aliphatic rings. The van der Waals surface area contributed by atoms with E-state index in [9.17, 15) is 14.0 Å². The van der Waals surface area contributed by atoms with E-state index >= 15 is 0 Å². The van der Waals surface area contributed by atoms with Crippen LogP contribution >= 0.6 is 11.6 Å². The Hall–Kier alpha value is -3.49. The molecule has 1 fully saturated rings. The predicted molar refractivity (Wildman–Crippen MR) is 125 cm³/mol. The Kier molecular flexibility index (Phi) is 7.40. The molecule has 0 aliphatic carbocycles. The van der Waals surface area contributed by atoms with Crippen molar-refractivity contribution >= 4 is 29.1 Å². The number of rotatable bonds is 6. The molecule has 1 amide bonds. The van der Waals surface area contributed by atoms with Crippen LogP contribution in [0.4, 0.5) is 4.39 Å². The Balaban J connectivity index is 1.45. The number of hydrogen-bond donors (Lipinski definition) is 0. The van der Waals surface area contributed by atoms with Gasteiger partial charge < -0.3 is 14.1 Å². The van der Waals surface area contributed by atoms with Gasteiger partial charge in [0.05, 0.1) is 13.7 Å². The number of ether oxygens (including phenoxy) is 1. The third kappa shape index (κ3) is 5.70. The Labute approximate surface area is 201 Å². The normalized spacial score (nSPS) is 14.8. The fourth-order valence-electron chi connectivity index (χ4n) is 3.73. The molecule has 3 aromatic rings. The maximum atomic E-state index is 13.9. The number of piperazine rings is 1. The Morgan fingerprint density at radius 2 is 1.85 bits per heavy atom. The number of benzene rings is 2. The van der Waals surface area contributed by atoms with E-state index in [-0.39, 0.29) is 17.4 Å². The number of aromatic nitrogens is 1. The van der Waals surface area contributed by atoms with Gasteiger partial charge in [0.25, 0.3) is 0 Å². The van der Waals surface area contributed by atoms with Crippen molar-refractivity contribution in [2.24, 2.45) is 0 Å². The molecule has 0 spiro atoms. The van der Waals surface area contributed by atoms with Gasteiger partial charge >= 0.3 is 5.97 Å². The zero-order chi connectivity index (χ0) is 24.1. The fraction of sp³-hybridized carbons (Fsp3) is 0.240. The summed E-state index contributed by atoms with van der Waals surface area (Å²) in [6.07, 6.45) is 2.82. The zero-order valence-corrected chi connectivity index (χ0v) is 19.3. The second kappa shape index (κ2) is 10.6. The largest absolute Gasteiger partial charge is 0.464 e. The van der Waals surface area contributed by atoms with Crippen molar-refractivity contribution in [1.29, 1.82) is 0 Å². The van der Waals surface area contributed by atoms with Crippen LogP contribution in [0.5, 0.6) is 0 Å². The minimum Gasteiger partial charge on any atom is -0.464 e. The van der Waals surface area contributed by atoms with Crippen molar-refractivity contribution in [2.45, 2.75) is 6.54 Å². The molecule has 1 saturated heterocycles. The smallest absolute Gasteiger partial charge is 0.360 e. The maximum Gasteiger partial charge on any atom is 0.360 e. The van der Waals surface area contributed by atoms with Crippen LogP contribution in [0.25, 0.3) is 5.57 Å². The highest BCUT2D eigenvalue weighted by Crippen LogP contribution is 2.26. The monoisotopic (exact) mass is 483 g/mol. The van der Waals surface area contributed by atoms with Crippen molar-refractivity contribution in [2.75, 3.05) is 33.3 Å². The van der Waals surface area contributed by atoms with Gasteiger partial charge in [-0.05, 0) is 41.0 Å². The number of hydrogen-bond acceptors (Lipinski definition) is 6. The summed E-state index contributed by atoms with van der Waals surface area (Å²) in [6.45, 7) is 2.68. The topological polar surface area (TPSA) is 75.9 Å². The third-order valence-corrected chi connectivity index (χ3v) is 5.80. The summed E-state index contributed by atoms with van der Waals surface area (Å²) < 4.78 is 23.9. The second-order valence-electron chi connectivity index (χ2n) is 7.79. The van der Waals surface area contributed by atoms with Crippen molar-refractivity contribution < 1.29 is 23.1 Å². The molecule has 9 heteroatoms. The molecule has 2 aromatic carbocycles. The van der Waals surface area contributed by atoms with Crippen molar-refractivity contribution in [3.63, 3.8) is 0 Å². The quantitative estimate of drug-likeness (QED) is 0.389. The molecule has 176 valence electrons. The van der Waals surface area contributed by atoms with E-state index in [2.05, 4.69) is 14.6 Å². The molecule has 0 bridgehead atoms. The number of carbonyl (C=O) groups excluding carboxylic acids is 2. The Bertz CT molecular complexity index is 1200. The molecular weight excluding hydrogens is 461 g/mol. The summed E-state index contributed by atoms with van der Waals surface area (Å²) in [6, 6.07) is 13.3. The van der Waals surface area contributed by atoms with Gasteiger partial charge in [-0.1, -0.05) is 35.9 Å². The average molecular weight is 484 g/mol. The number of amides is 1. The lowest BCUT2D eigenvalue weighted by Gasteiger charge is -2.33. The minimum absolute atomic E-state index is 0.128. The first-order valence-electron chi connectivity index (χ1n) is 10.7. The van der Waals surface area contributed by atoms with E-state index in [0.717, 1.165) is 5.56 Å². The highest BCUT2D eigenvalue weighted by Gasteiger charge is 2.23. The van der Waals surface area contributed by atoms with Crippen LogP contribution < -0.4 is 0 Å². The first-order chi connectivity index (χ1) is 16.4. The van der Waals surface area contributed by atoms with E-state index in [4.69, 9.17) is 16.0 Å². The van der Waals surface area contributed by atoms with Crippen LogP contribution in [-0.2, 0) is 16.1 Å². The first kappa shape index (κ1) is 23.7. The molecule has 7 nitrogen and oxygen atoms in total. The first-order valence-corrected chi connectivity index (χ1v) is 11.1. The van der Waals surface area contributed by atoms with Crippen LogP contribution in [-0.4, -0.2) is 59.9 Å². The molecule has 0 N–H and O–H groups in total. The van der Waals surface area contributed by atoms with Gasteiger partial charge in [0.15, 0.2) is 5.69 Å². The molecule has 0 radical (unpaired) electrons. The lowest BCUT2D eigenvalue weighted by atomic mass is 9.97. The van der Waals surface area contributed by atoms with Gasteiger partial charge in [0.1, 0.15) is 12.1 Å². The zero-order valence-electron chi connectivity index (χ0n) is 18.5. The van der Waals surface area contributed by atoms with E-state index in [0.29, 0.717) is 54.8 Å². The van der Waals surface area contributed by atoms with Gasteiger partial charge in [0, 0.05) is 37.3 Å². The molecule has 0 unspecified atom stereocenters. The summed E-state index contributed by atoms with van der Waals surface area (Å²) in [7, 11) is 1.29. The van der Waals surface area contributed by atoms with Gasteiger partial charge in [0.2, 0.25) is 11.8 Å².